The lowest BCUT2D eigenvalue weighted by Gasteiger charge is -2.35. The summed E-state index contributed by atoms with van der Waals surface area (Å²) < 4.78 is 18.8. The van der Waals surface area contributed by atoms with Gasteiger partial charge >= 0.3 is 0 Å². The van der Waals surface area contributed by atoms with E-state index in [9.17, 15) is 4.39 Å². The molecule has 2 rings (SSSR count). The second-order valence-corrected chi connectivity index (χ2v) is 5.77. The van der Waals surface area contributed by atoms with Gasteiger partial charge in [0.25, 0.3) is 0 Å². The third-order valence-corrected chi connectivity index (χ3v) is 4.29. The van der Waals surface area contributed by atoms with Crippen molar-refractivity contribution < 1.29 is 9.13 Å². The van der Waals surface area contributed by atoms with Crippen molar-refractivity contribution in [3.05, 3.63) is 42.2 Å². The molecule has 1 aliphatic heterocycles. The van der Waals surface area contributed by atoms with Crippen LogP contribution in [0.15, 0.2) is 30.9 Å². The number of methoxy groups -OCH3 is 1. The fourth-order valence-corrected chi connectivity index (χ4v) is 3.06. The molecule has 1 heterocycles. The number of hydrogen-bond donors (Lipinski definition) is 1. The van der Waals surface area contributed by atoms with E-state index >= 15 is 0 Å². The molecule has 1 saturated heterocycles. The molecule has 5 heteroatoms. The van der Waals surface area contributed by atoms with Crippen LogP contribution in [0.25, 0.3) is 0 Å². The summed E-state index contributed by atoms with van der Waals surface area (Å²) in [5, 5.41) is 3.39. The van der Waals surface area contributed by atoms with Crippen LogP contribution in [0.3, 0.4) is 0 Å². The van der Waals surface area contributed by atoms with Crippen molar-refractivity contribution in [2.45, 2.75) is 31.7 Å². The van der Waals surface area contributed by atoms with E-state index < -0.39 is 0 Å². The molecule has 1 aromatic rings. The summed E-state index contributed by atoms with van der Waals surface area (Å²) in [4.78, 5) is 2.50. The number of nitrogens with zero attached hydrogens (tertiary/aromatic N) is 1. The van der Waals surface area contributed by atoms with Crippen LogP contribution in [0.4, 0.5) is 4.39 Å². The van der Waals surface area contributed by atoms with Gasteiger partial charge in [-0.05, 0) is 37.0 Å². The molecule has 23 heavy (non-hydrogen) atoms. The fraction of sp³-hybridized carbons (Fsp3) is 0.556. The maximum Gasteiger partial charge on any atom is 0.165 e. The van der Waals surface area contributed by atoms with Gasteiger partial charge in [0.05, 0.1) is 7.11 Å². The van der Waals surface area contributed by atoms with Crippen LogP contribution in [0.1, 0.15) is 37.3 Å². The zero-order chi connectivity index (χ0) is 15.8. The van der Waals surface area contributed by atoms with Crippen molar-refractivity contribution >= 4 is 12.4 Å². The van der Waals surface area contributed by atoms with Gasteiger partial charge in [-0.25, -0.2) is 4.39 Å². The average molecular weight is 343 g/mol. The summed E-state index contributed by atoms with van der Waals surface area (Å²) in [7, 11) is 1.52. The van der Waals surface area contributed by atoms with Crippen molar-refractivity contribution in [1.82, 2.24) is 10.2 Å². The van der Waals surface area contributed by atoms with Crippen molar-refractivity contribution in [2.75, 3.05) is 33.3 Å². The molecule has 1 aromatic carbocycles. The van der Waals surface area contributed by atoms with E-state index in [1.165, 1.54) is 13.2 Å². The number of allylic oxidation sites excluding steroid dienone is 1. The van der Waals surface area contributed by atoms with Gasteiger partial charge in [0.2, 0.25) is 0 Å². The van der Waals surface area contributed by atoms with Crippen LogP contribution >= 0.6 is 12.4 Å². The quantitative estimate of drug-likeness (QED) is 0.572. The smallest absolute Gasteiger partial charge is 0.165 e. The lowest BCUT2D eigenvalue weighted by molar-refractivity contribution is 0.162. The Morgan fingerprint density at radius 1 is 1.35 bits per heavy atom. The largest absolute Gasteiger partial charge is 0.494 e. The van der Waals surface area contributed by atoms with Crippen LogP contribution in [0.2, 0.25) is 0 Å². The highest BCUT2D eigenvalue weighted by atomic mass is 35.5. The Hall–Kier alpha value is -1.10. The molecule has 1 fully saturated rings. The molecular formula is C18H28ClFN2O. The first kappa shape index (κ1) is 19.9. The SMILES string of the molecule is C=CCCCC[C@@H](c1ccc(F)c(OC)c1)N1CCNCC1.Cl. The molecule has 3 nitrogen and oxygen atoms in total. The molecule has 0 bridgehead atoms. The van der Waals surface area contributed by atoms with Gasteiger partial charge in [-0.15, -0.1) is 19.0 Å². The summed E-state index contributed by atoms with van der Waals surface area (Å²) in [6.07, 6.45) is 6.43. The average Bonchev–Trinajstić information content (AvgIpc) is 2.56. The van der Waals surface area contributed by atoms with Crippen molar-refractivity contribution in [3.63, 3.8) is 0 Å². The maximum absolute atomic E-state index is 13.7. The summed E-state index contributed by atoms with van der Waals surface area (Å²) in [6, 6.07) is 5.61. The van der Waals surface area contributed by atoms with E-state index in [2.05, 4.69) is 16.8 Å². The minimum absolute atomic E-state index is 0. The molecule has 130 valence electrons. The molecule has 1 atom stereocenters. The van der Waals surface area contributed by atoms with Crippen molar-refractivity contribution in [2.24, 2.45) is 0 Å². The fourth-order valence-electron chi connectivity index (χ4n) is 3.06. The third kappa shape index (κ3) is 5.79. The number of nitrogens with one attached hydrogen (secondary N) is 1. The normalized spacial score (nSPS) is 16.4. The first-order valence-corrected chi connectivity index (χ1v) is 8.15. The topological polar surface area (TPSA) is 24.5 Å². The monoisotopic (exact) mass is 342 g/mol. The Kier molecular flexibility index (Phi) is 9.22. The van der Waals surface area contributed by atoms with Crippen LogP contribution in [0, 0.1) is 5.82 Å². The standard InChI is InChI=1S/C18H27FN2O.ClH/c1-3-4-5-6-7-17(21-12-10-20-11-13-21)15-8-9-16(19)18(14-15)22-2;/h3,8-9,14,17,20H,1,4-7,10-13H2,2H3;1H/t17-;/m0./s1. The molecular weight excluding hydrogens is 315 g/mol. The second-order valence-electron chi connectivity index (χ2n) is 5.77. The molecule has 0 aliphatic carbocycles. The van der Waals surface area contributed by atoms with Crippen molar-refractivity contribution in [1.29, 1.82) is 0 Å². The molecule has 0 unspecified atom stereocenters. The Bertz CT molecular complexity index is 478. The van der Waals surface area contributed by atoms with Crippen LogP contribution < -0.4 is 10.1 Å². The second kappa shape index (κ2) is 10.6. The Morgan fingerprint density at radius 3 is 2.74 bits per heavy atom. The molecule has 0 amide bonds. The van der Waals surface area contributed by atoms with Gasteiger partial charge in [-0.3, -0.25) is 4.90 Å². The van der Waals surface area contributed by atoms with Crippen molar-refractivity contribution in [3.8, 4) is 5.75 Å². The van der Waals surface area contributed by atoms with Gasteiger partial charge in [0.1, 0.15) is 0 Å². The van der Waals surface area contributed by atoms with Gasteiger partial charge < -0.3 is 10.1 Å². The highest BCUT2D eigenvalue weighted by Gasteiger charge is 2.22. The highest BCUT2D eigenvalue weighted by Crippen LogP contribution is 2.30. The van der Waals surface area contributed by atoms with Gasteiger partial charge in [0.15, 0.2) is 11.6 Å². The number of unbranched alkanes of at least 4 members (excludes halogenated alkanes) is 2. The summed E-state index contributed by atoms with van der Waals surface area (Å²) in [5.74, 6) is 0.0423. The van der Waals surface area contributed by atoms with E-state index in [1.807, 2.05) is 18.2 Å². The van der Waals surface area contributed by atoms with E-state index in [1.54, 1.807) is 0 Å². The first-order chi connectivity index (χ1) is 10.8. The van der Waals surface area contributed by atoms with Gasteiger partial charge in [-0.2, -0.15) is 0 Å². The summed E-state index contributed by atoms with van der Waals surface area (Å²) in [5.41, 5.74) is 1.15. The number of rotatable bonds is 8. The number of ether oxygens (including phenoxy) is 1. The zero-order valence-corrected chi connectivity index (χ0v) is 14.7. The molecule has 1 N–H and O–H groups in total. The summed E-state index contributed by atoms with van der Waals surface area (Å²) in [6.45, 7) is 7.88. The predicted octanol–water partition coefficient (Wildman–Crippen LogP) is 3.95. The lowest BCUT2D eigenvalue weighted by Crippen LogP contribution is -2.45. The molecule has 0 saturated carbocycles. The molecule has 0 radical (unpaired) electrons. The van der Waals surface area contributed by atoms with Crippen LogP contribution in [0.5, 0.6) is 5.75 Å². The number of piperazine rings is 1. The predicted molar refractivity (Wildman–Crippen MR) is 96.0 cm³/mol. The van der Waals surface area contributed by atoms with Crippen LogP contribution in [-0.4, -0.2) is 38.2 Å². The number of benzene rings is 1. The number of halogens is 2. The number of hydrogen-bond acceptors (Lipinski definition) is 3. The van der Waals surface area contributed by atoms with Crippen LogP contribution in [-0.2, 0) is 0 Å². The third-order valence-electron chi connectivity index (χ3n) is 4.29. The summed E-state index contributed by atoms with van der Waals surface area (Å²) >= 11 is 0. The Labute approximate surface area is 145 Å². The first-order valence-electron chi connectivity index (χ1n) is 8.15. The zero-order valence-electron chi connectivity index (χ0n) is 13.9. The van der Waals surface area contributed by atoms with E-state index in [0.29, 0.717) is 11.8 Å². The van der Waals surface area contributed by atoms with E-state index in [0.717, 1.165) is 57.4 Å². The molecule has 1 aliphatic rings. The van der Waals surface area contributed by atoms with Gasteiger partial charge in [-0.1, -0.05) is 18.6 Å². The Balaban J connectivity index is 0.00000264. The molecule has 0 spiro atoms. The Morgan fingerprint density at radius 2 is 2.09 bits per heavy atom. The van der Waals surface area contributed by atoms with E-state index in [-0.39, 0.29) is 18.2 Å². The van der Waals surface area contributed by atoms with E-state index in [4.69, 9.17) is 4.74 Å². The maximum atomic E-state index is 13.7. The minimum Gasteiger partial charge on any atom is -0.494 e. The highest BCUT2D eigenvalue weighted by molar-refractivity contribution is 5.85. The lowest BCUT2D eigenvalue weighted by atomic mass is 9.97. The minimum atomic E-state index is -0.294. The molecule has 0 aromatic heterocycles. The van der Waals surface area contributed by atoms with Gasteiger partial charge in [0, 0.05) is 32.2 Å².